The third-order valence-corrected chi connectivity index (χ3v) is 5.18. The van der Waals surface area contributed by atoms with Crippen molar-refractivity contribution in [3.05, 3.63) is 65.0 Å². The molecular weight excluding hydrogens is 390 g/mol. The highest BCUT2D eigenvalue weighted by molar-refractivity contribution is 7.14. The largest absolute Gasteiger partial charge is 0.497 e. The number of methoxy groups -OCH3 is 1. The highest BCUT2D eigenvalue weighted by Crippen LogP contribution is 2.29. The lowest BCUT2D eigenvalue weighted by Crippen LogP contribution is -2.29. The molecule has 1 aromatic heterocycles. The first-order valence-electron chi connectivity index (χ1n) is 8.86. The van der Waals surface area contributed by atoms with Crippen molar-refractivity contribution < 1.29 is 19.4 Å². The number of nitrogens with one attached hydrogen (secondary N) is 1. The van der Waals surface area contributed by atoms with Crippen molar-refractivity contribution in [2.24, 2.45) is 0 Å². The summed E-state index contributed by atoms with van der Waals surface area (Å²) in [5.41, 5.74) is 3.32. The summed E-state index contributed by atoms with van der Waals surface area (Å²) < 4.78 is 5.27. The molecule has 3 rings (SSSR count). The monoisotopic (exact) mass is 411 g/mol. The van der Waals surface area contributed by atoms with Crippen LogP contribution in [0.3, 0.4) is 0 Å². The average Bonchev–Trinajstić information content (AvgIpc) is 3.23. The zero-order chi connectivity index (χ0) is 20.8. The first kappa shape index (κ1) is 20.3. The number of aromatic nitrogens is 1. The number of rotatable bonds is 8. The zero-order valence-electron chi connectivity index (χ0n) is 16.1. The number of benzene rings is 2. The zero-order valence-corrected chi connectivity index (χ0v) is 16.9. The predicted molar refractivity (Wildman–Crippen MR) is 113 cm³/mol. The number of aliphatic carboxylic acids is 1. The Morgan fingerprint density at radius 3 is 2.66 bits per heavy atom. The Hall–Kier alpha value is -3.39. The lowest BCUT2D eigenvalue weighted by Gasteiger charge is -2.16. The average molecular weight is 411 g/mol. The van der Waals surface area contributed by atoms with E-state index in [1.165, 1.54) is 0 Å². The minimum Gasteiger partial charge on any atom is -0.497 e. The minimum atomic E-state index is -1.08. The summed E-state index contributed by atoms with van der Waals surface area (Å²) in [7, 11) is 3.60. The van der Waals surface area contributed by atoms with E-state index in [1.54, 1.807) is 30.6 Å². The molecule has 3 aromatic rings. The molecule has 0 aliphatic rings. The van der Waals surface area contributed by atoms with E-state index < -0.39 is 18.4 Å². The molecule has 0 unspecified atom stereocenters. The summed E-state index contributed by atoms with van der Waals surface area (Å²) in [6.07, 6.45) is 0. The van der Waals surface area contributed by atoms with Gasteiger partial charge in [-0.25, -0.2) is 4.98 Å². The predicted octanol–water partition coefficient (Wildman–Crippen LogP) is 3.27. The number of carbonyl (C=O) groups is 2. The molecule has 2 aromatic carbocycles. The summed E-state index contributed by atoms with van der Waals surface area (Å²) in [5.74, 6) is -0.693. The van der Waals surface area contributed by atoms with E-state index >= 15 is 0 Å². The summed E-state index contributed by atoms with van der Waals surface area (Å²) >= 11 is 1.56. The van der Waals surface area contributed by atoms with Gasteiger partial charge < -0.3 is 20.1 Å². The molecule has 0 atom stereocenters. The molecule has 0 radical (unpaired) electrons. The van der Waals surface area contributed by atoms with Crippen molar-refractivity contribution >= 4 is 28.3 Å². The number of hydrogen-bond donors (Lipinski definition) is 2. The van der Waals surface area contributed by atoms with E-state index in [0.717, 1.165) is 27.7 Å². The van der Waals surface area contributed by atoms with Crippen LogP contribution < -0.4 is 15.0 Å². The molecule has 29 heavy (non-hydrogen) atoms. The van der Waals surface area contributed by atoms with Crippen LogP contribution >= 0.6 is 11.3 Å². The highest BCUT2D eigenvalue weighted by Gasteiger charge is 2.11. The number of ether oxygens (including phenoxy) is 1. The van der Waals surface area contributed by atoms with Crippen molar-refractivity contribution in [2.45, 2.75) is 6.54 Å². The lowest BCUT2D eigenvalue weighted by atomic mass is 10.1. The Morgan fingerprint density at radius 1 is 1.21 bits per heavy atom. The van der Waals surface area contributed by atoms with Crippen LogP contribution in [0.15, 0.2) is 53.9 Å². The standard InChI is InChI=1S/C21H21N3O4S/c1-24(12-14-6-8-15(9-7-14)20(27)22-11-19(25)26)21-23-18(13-29-21)16-4-3-5-17(10-16)28-2/h3-10,13H,11-12H2,1-2H3,(H,22,27)(H,25,26). The van der Waals surface area contributed by atoms with E-state index in [9.17, 15) is 9.59 Å². The van der Waals surface area contributed by atoms with Gasteiger partial charge in [-0.1, -0.05) is 24.3 Å². The molecular formula is C21H21N3O4S. The number of carbonyl (C=O) groups excluding carboxylic acids is 1. The second-order valence-electron chi connectivity index (χ2n) is 6.38. The highest BCUT2D eigenvalue weighted by atomic mass is 32.1. The van der Waals surface area contributed by atoms with Crippen LogP contribution in [-0.4, -0.2) is 42.7 Å². The first-order chi connectivity index (χ1) is 14.0. The van der Waals surface area contributed by atoms with Gasteiger partial charge in [0.25, 0.3) is 5.91 Å². The van der Waals surface area contributed by atoms with Crippen LogP contribution in [-0.2, 0) is 11.3 Å². The fourth-order valence-electron chi connectivity index (χ4n) is 2.72. The van der Waals surface area contributed by atoms with Crippen molar-refractivity contribution in [3.8, 4) is 17.0 Å². The van der Waals surface area contributed by atoms with Crippen LogP contribution in [0.1, 0.15) is 15.9 Å². The molecule has 150 valence electrons. The quantitative estimate of drug-likeness (QED) is 0.591. The molecule has 1 amide bonds. The normalized spacial score (nSPS) is 10.4. The number of amides is 1. The molecule has 1 heterocycles. The van der Waals surface area contributed by atoms with Crippen LogP contribution in [0.5, 0.6) is 5.75 Å². The maximum atomic E-state index is 11.9. The van der Waals surface area contributed by atoms with Gasteiger partial charge in [-0.3, -0.25) is 9.59 Å². The Balaban J connectivity index is 1.64. The number of hydrogen-bond acceptors (Lipinski definition) is 6. The Bertz CT molecular complexity index is 1000. The Morgan fingerprint density at radius 2 is 1.97 bits per heavy atom. The molecule has 7 nitrogen and oxygen atoms in total. The number of carboxylic acid groups (broad SMARTS) is 1. The van der Waals surface area contributed by atoms with Gasteiger partial charge in [-0.2, -0.15) is 0 Å². The molecule has 0 aliphatic carbocycles. The summed E-state index contributed by atoms with van der Waals surface area (Å²) in [6, 6.07) is 14.8. The van der Waals surface area contributed by atoms with Crippen molar-refractivity contribution in [1.82, 2.24) is 10.3 Å². The van der Waals surface area contributed by atoms with Gasteiger partial charge in [0, 0.05) is 30.1 Å². The second-order valence-corrected chi connectivity index (χ2v) is 7.21. The van der Waals surface area contributed by atoms with Gasteiger partial charge in [-0.15, -0.1) is 11.3 Å². The van der Waals surface area contributed by atoms with Gasteiger partial charge in [0.1, 0.15) is 12.3 Å². The molecule has 0 spiro atoms. The second kappa shape index (κ2) is 9.20. The molecule has 0 saturated carbocycles. The molecule has 0 aliphatic heterocycles. The Labute approximate surface area is 172 Å². The lowest BCUT2D eigenvalue weighted by molar-refractivity contribution is -0.135. The van der Waals surface area contributed by atoms with Crippen LogP contribution in [0, 0.1) is 0 Å². The molecule has 0 fully saturated rings. The maximum Gasteiger partial charge on any atom is 0.322 e. The van der Waals surface area contributed by atoms with Crippen LogP contribution in [0.4, 0.5) is 5.13 Å². The molecule has 0 bridgehead atoms. The fraction of sp³-hybridized carbons (Fsp3) is 0.190. The van der Waals surface area contributed by atoms with E-state index in [2.05, 4.69) is 5.32 Å². The van der Waals surface area contributed by atoms with Gasteiger partial charge in [0.05, 0.1) is 12.8 Å². The van der Waals surface area contributed by atoms with Gasteiger partial charge in [0.15, 0.2) is 5.13 Å². The van der Waals surface area contributed by atoms with Crippen LogP contribution in [0.25, 0.3) is 11.3 Å². The minimum absolute atomic E-state index is 0.400. The van der Waals surface area contributed by atoms with E-state index in [-0.39, 0.29) is 0 Å². The fourth-order valence-corrected chi connectivity index (χ4v) is 3.52. The smallest absolute Gasteiger partial charge is 0.322 e. The first-order valence-corrected chi connectivity index (χ1v) is 9.74. The third-order valence-electron chi connectivity index (χ3n) is 4.22. The van der Waals surface area contributed by atoms with E-state index in [1.807, 2.05) is 53.7 Å². The maximum absolute atomic E-state index is 11.9. The van der Waals surface area contributed by atoms with Gasteiger partial charge in [-0.05, 0) is 29.8 Å². The summed E-state index contributed by atoms with van der Waals surface area (Å²) in [4.78, 5) is 29.2. The summed E-state index contributed by atoms with van der Waals surface area (Å²) in [5, 5.41) is 13.9. The van der Waals surface area contributed by atoms with Gasteiger partial charge in [0.2, 0.25) is 0 Å². The molecule has 2 N–H and O–H groups in total. The number of thiazole rings is 1. The number of nitrogens with zero attached hydrogens (tertiary/aromatic N) is 2. The number of anilines is 1. The Kier molecular flexibility index (Phi) is 6.46. The van der Waals surface area contributed by atoms with Crippen molar-refractivity contribution in [2.75, 3.05) is 25.6 Å². The SMILES string of the molecule is COc1cccc(-c2csc(N(C)Cc3ccc(C(=O)NCC(=O)O)cc3)n2)c1. The van der Waals surface area contributed by atoms with Gasteiger partial charge >= 0.3 is 5.97 Å². The van der Waals surface area contributed by atoms with E-state index in [0.29, 0.717) is 12.1 Å². The van der Waals surface area contributed by atoms with E-state index in [4.69, 9.17) is 14.8 Å². The molecule has 0 saturated heterocycles. The number of carboxylic acids is 1. The molecule has 8 heteroatoms. The third kappa shape index (κ3) is 5.32. The van der Waals surface area contributed by atoms with Crippen molar-refractivity contribution in [1.29, 1.82) is 0 Å². The van der Waals surface area contributed by atoms with Crippen LogP contribution in [0.2, 0.25) is 0 Å². The topological polar surface area (TPSA) is 91.8 Å². The summed E-state index contributed by atoms with van der Waals surface area (Å²) in [6.45, 7) is 0.227. The van der Waals surface area contributed by atoms with Crippen molar-refractivity contribution in [3.63, 3.8) is 0 Å².